The monoisotopic (exact) mass is 222 g/mol. The lowest BCUT2D eigenvalue weighted by Crippen LogP contribution is -1.87. The van der Waals surface area contributed by atoms with Crippen molar-refractivity contribution < 1.29 is 8.42 Å². The molecule has 0 aliphatic heterocycles. The number of hydrogen-bond donors (Lipinski definition) is 1. The third-order valence-electron chi connectivity index (χ3n) is 2.61. The summed E-state index contributed by atoms with van der Waals surface area (Å²) in [5.41, 5.74) is 1.98. The molecule has 0 aromatic heterocycles. The second kappa shape index (κ2) is 4.62. The molecular formula is C12H14O2S. The Morgan fingerprint density at radius 2 is 1.93 bits per heavy atom. The Balaban J connectivity index is 2.25. The molecule has 0 saturated heterocycles. The fourth-order valence-electron chi connectivity index (χ4n) is 1.66. The Hall–Kier alpha value is -1.09. The molecule has 2 rings (SSSR count). The molecule has 2 nitrogen and oxygen atoms in total. The molecule has 1 aliphatic carbocycles. The van der Waals surface area contributed by atoms with E-state index >= 15 is 0 Å². The molecule has 1 saturated carbocycles. The first-order chi connectivity index (χ1) is 7.25. The number of thiol groups is 1. The van der Waals surface area contributed by atoms with Gasteiger partial charge in [-0.25, -0.2) is 8.42 Å². The van der Waals surface area contributed by atoms with E-state index in [-0.39, 0.29) is 0 Å². The number of hydrogen-bond acceptors (Lipinski definition) is 2. The lowest BCUT2D eigenvalue weighted by atomic mass is 10.0. The average Bonchev–Trinajstić information content (AvgIpc) is 3.01. The summed E-state index contributed by atoms with van der Waals surface area (Å²) in [4.78, 5) is 0. The summed E-state index contributed by atoms with van der Waals surface area (Å²) in [6.45, 7) is 0. The highest BCUT2D eigenvalue weighted by Crippen LogP contribution is 2.38. The van der Waals surface area contributed by atoms with Crippen LogP contribution in [0, 0.1) is 5.92 Å². The third kappa shape index (κ3) is 3.20. The topological polar surface area (TPSA) is 34.1 Å². The van der Waals surface area contributed by atoms with Crippen molar-refractivity contribution in [3.05, 3.63) is 41.3 Å². The maximum atomic E-state index is 10.7. The zero-order valence-electron chi connectivity index (χ0n) is 8.43. The predicted octanol–water partition coefficient (Wildman–Crippen LogP) is 2.44. The molecule has 3 heteroatoms. The van der Waals surface area contributed by atoms with Crippen LogP contribution in [0.5, 0.6) is 0 Å². The van der Waals surface area contributed by atoms with Gasteiger partial charge in [0.05, 0.1) is 0 Å². The maximum Gasteiger partial charge on any atom is 0.161 e. The minimum absolute atomic E-state index is 0.700. The first kappa shape index (κ1) is 10.4. The fraction of sp³-hybridized carbons (Fsp3) is 0.333. The van der Waals surface area contributed by atoms with Gasteiger partial charge in [-0.3, -0.25) is 0 Å². The third-order valence-corrected chi connectivity index (χ3v) is 3.13. The Kier molecular flexibility index (Phi) is 3.21. The van der Waals surface area contributed by atoms with Crippen LogP contribution in [0.25, 0.3) is 5.57 Å². The van der Waals surface area contributed by atoms with Gasteiger partial charge in [0.15, 0.2) is 10.7 Å². The van der Waals surface area contributed by atoms with Crippen LogP contribution in [-0.4, -0.2) is 8.42 Å². The van der Waals surface area contributed by atoms with Crippen molar-refractivity contribution >= 4 is 16.3 Å². The molecule has 0 amide bonds. The standard InChI is InChI=1S/C12H14O2S/c13-15(14)9-12(8-10-6-7-10)11-4-2-1-3-5-11/h1-5,9-10,15H,6-8H2. The van der Waals surface area contributed by atoms with Gasteiger partial charge in [0.2, 0.25) is 0 Å². The Bertz CT molecular complexity index is 420. The highest BCUT2D eigenvalue weighted by molar-refractivity contribution is 7.75. The lowest BCUT2D eigenvalue weighted by Gasteiger charge is -2.04. The molecule has 15 heavy (non-hydrogen) atoms. The number of allylic oxidation sites excluding steroid dienone is 1. The molecule has 1 aromatic carbocycles. The molecule has 80 valence electrons. The molecule has 0 radical (unpaired) electrons. The summed E-state index contributed by atoms with van der Waals surface area (Å²) >= 11 is 0. The smallest absolute Gasteiger partial charge is 0.161 e. The van der Waals surface area contributed by atoms with Crippen molar-refractivity contribution in [3.63, 3.8) is 0 Å². The van der Waals surface area contributed by atoms with E-state index in [0.717, 1.165) is 17.6 Å². The Morgan fingerprint density at radius 3 is 2.47 bits per heavy atom. The molecule has 0 heterocycles. The minimum atomic E-state index is -2.43. The van der Waals surface area contributed by atoms with Crippen LogP contribution in [0.3, 0.4) is 0 Å². The number of rotatable bonds is 4. The highest BCUT2D eigenvalue weighted by atomic mass is 32.2. The van der Waals surface area contributed by atoms with Crippen molar-refractivity contribution in [1.82, 2.24) is 0 Å². The molecule has 0 unspecified atom stereocenters. The summed E-state index contributed by atoms with van der Waals surface area (Å²) in [5, 5.41) is 1.38. The van der Waals surface area contributed by atoms with Gasteiger partial charge in [-0.15, -0.1) is 0 Å². The van der Waals surface area contributed by atoms with Gasteiger partial charge in [0.1, 0.15) is 0 Å². The first-order valence-corrected chi connectivity index (χ1v) is 6.40. The van der Waals surface area contributed by atoms with Crippen LogP contribution in [0.1, 0.15) is 24.8 Å². The van der Waals surface area contributed by atoms with Gasteiger partial charge < -0.3 is 0 Å². The summed E-state index contributed by atoms with van der Waals surface area (Å²) in [7, 11) is -2.43. The van der Waals surface area contributed by atoms with Gasteiger partial charge in [-0.1, -0.05) is 30.3 Å². The van der Waals surface area contributed by atoms with Gasteiger partial charge in [0, 0.05) is 5.41 Å². The van der Waals surface area contributed by atoms with Gasteiger partial charge in [-0.2, -0.15) is 0 Å². The fourth-order valence-corrected chi connectivity index (χ4v) is 2.17. The SMILES string of the molecule is O=[SH](=O)C=C(CC1CC1)c1ccccc1. The van der Waals surface area contributed by atoms with Gasteiger partial charge >= 0.3 is 0 Å². The predicted molar refractivity (Wildman–Crippen MR) is 62.1 cm³/mol. The van der Waals surface area contributed by atoms with Gasteiger partial charge in [0.25, 0.3) is 0 Å². The van der Waals surface area contributed by atoms with E-state index < -0.39 is 10.7 Å². The van der Waals surface area contributed by atoms with E-state index in [2.05, 4.69) is 0 Å². The molecule has 0 bridgehead atoms. The molecule has 0 atom stereocenters. The van der Waals surface area contributed by atoms with Crippen LogP contribution in [0.2, 0.25) is 0 Å². The van der Waals surface area contributed by atoms with Crippen molar-refractivity contribution in [2.45, 2.75) is 19.3 Å². The van der Waals surface area contributed by atoms with Crippen LogP contribution >= 0.6 is 0 Å². The largest absolute Gasteiger partial charge is 0.227 e. The Morgan fingerprint density at radius 1 is 1.27 bits per heavy atom. The van der Waals surface area contributed by atoms with E-state index in [1.807, 2.05) is 30.3 Å². The quantitative estimate of drug-likeness (QED) is 0.794. The second-order valence-corrected chi connectivity index (χ2v) is 4.78. The molecule has 1 aromatic rings. The molecule has 0 spiro atoms. The summed E-state index contributed by atoms with van der Waals surface area (Å²) in [5.74, 6) is 0.700. The van der Waals surface area contributed by atoms with E-state index in [1.165, 1.54) is 18.2 Å². The van der Waals surface area contributed by atoms with Crippen molar-refractivity contribution in [3.8, 4) is 0 Å². The van der Waals surface area contributed by atoms with Crippen LogP contribution in [0.4, 0.5) is 0 Å². The highest BCUT2D eigenvalue weighted by Gasteiger charge is 2.23. The Labute approximate surface area is 91.6 Å². The summed E-state index contributed by atoms with van der Waals surface area (Å²) < 4.78 is 21.5. The van der Waals surface area contributed by atoms with E-state index in [0.29, 0.717) is 5.92 Å². The average molecular weight is 222 g/mol. The number of benzene rings is 1. The van der Waals surface area contributed by atoms with E-state index in [4.69, 9.17) is 0 Å². The zero-order valence-corrected chi connectivity index (χ0v) is 9.32. The minimum Gasteiger partial charge on any atom is -0.227 e. The second-order valence-electron chi connectivity index (χ2n) is 3.95. The van der Waals surface area contributed by atoms with Crippen LogP contribution in [-0.2, 0) is 10.7 Å². The zero-order chi connectivity index (χ0) is 10.7. The van der Waals surface area contributed by atoms with E-state index in [1.54, 1.807) is 0 Å². The maximum absolute atomic E-state index is 10.7. The van der Waals surface area contributed by atoms with Crippen LogP contribution < -0.4 is 0 Å². The van der Waals surface area contributed by atoms with Crippen molar-refractivity contribution in [2.24, 2.45) is 5.92 Å². The van der Waals surface area contributed by atoms with Crippen molar-refractivity contribution in [1.29, 1.82) is 0 Å². The first-order valence-electron chi connectivity index (χ1n) is 5.15. The van der Waals surface area contributed by atoms with Crippen molar-refractivity contribution in [2.75, 3.05) is 0 Å². The summed E-state index contributed by atoms with van der Waals surface area (Å²) in [6, 6.07) is 9.75. The van der Waals surface area contributed by atoms with E-state index in [9.17, 15) is 8.42 Å². The normalized spacial score (nSPS) is 17.0. The molecule has 1 aliphatic rings. The van der Waals surface area contributed by atoms with Gasteiger partial charge in [-0.05, 0) is 36.3 Å². The molecule has 0 N–H and O–H groups in total. The molecular weight excluding hydrogens is 208 g/mol. The summed E-state index contributed by atoms with van der Waals surface area (Å²) in [6.07, 6.45) is 3.37. The molecule has 1 fully saturated rings. The van der Waals surface area contributed by atoms with Crippen LogP contribution in [0.15, 0.2) is 35.7 Å². The lowest BCUT2D eigenvalue weighted by molar-refractivity contribution is 0.622.